The number of rotatable bonds is 3. The average molecular weight is 261 g/mol. The fraction of sp³-hybridized carbons (Fsp3) is 0.600. The van der Waals surface area contributed by atoms with Gasteiger partial charge in [0.15, 0.2) is 5.78 Å². The summed E-state index contributed by atoms with van der Waals surface area (Å²) in [5, 5.41) is 0. The summed E-state index contributed by atoms with van der Waals surface area (Å²) in [4.78, 5) is 20.3. The molecule has 0 amide bonds. The molecular weight excluding hydrogens is 238 g/mol. The van der Waals surface area contributed by atoms with Gasteiger partial charge in [-0.1, -0.05) is 0 Å². The van der Waals surface area contributed by atoms with Gasteiger partial charge in [-0.3, -0.25) is 4.79 Å². The molecule has 0 unspecified atom stereocenters. The van der Waals surface area contributed by atoms with E-state index in [0.717, 1.165) is 18.9 Å². The zero-order valence-electron chi connectivity index (χ0n) is 12.1. The van der Waals surface area contributed by atoms with E-state index in [1.807, 2.05) is 12.1 Å². The van der Waals surface area contributed by atoms with Crippen molar-refractivity contribution in [3.63, 3.8) is 0 Å². The number of aromatic nitrogens is 1. The standard InChI is InChI=1S/C15H23N3O/c1-12(19)13-6-7-15(16-11-13)18-9-4-5-14(8-10-18)17(2)3/h6-7,11,14H,4-5,8-10H2,1-3H3/t14-/m0/s1. The maximum absolute atomic E-state index is 11.2. The number of hydrogen-bond acceptors (Lipinski definition) is 4. The van der Waals surface area contributed by atoms with E-state index in [0.29, 0.717) is 11.6 Å². The van der Waals surface area contributed by atoms with Crippen LogP contribution in [-0.2, 0) is 0 Å². The lowest BCUT2D eigenvalue weighted by Crippen LogP contribution is -2.30. The van der Waals surface area contributed by atoms with Gasteiger partial charge in [-0.15, -0.1) is 0 Å². The molecule has 0 saturated carbocycles. The molecule has 2 rings (SSSR count). The van der Waals surface area contributed by atoms with Crippen molar-refractivity contribution < 1.29 is 4.79 Å². The van der Waals surface area contributed by atoms with Gasteiger partial charge in [0.05, 0.1) is 0 Å². The third-order valence-corrected chi connectivity index (χ3v) is 3.91. The van der Waals surface area contributed by atoms with Crippen LogP contribution in [0.2, 0.25) is 0 Å². The average Bonchev–Trinajstić information content (AvgIpc) is 2.64. The molecule has 0 N–H and O–H groups in total. The van der Waals surface area contributed by atoms with E-state index in [4.69, 9.17) is 0 Å². The van der Waals surface area contributed by atoms with Gasteiger partial charge in [-0.2, -0.15) is 0 Å². The summed E-state index contributed by atoms with van der Waals surface area (Å²) >= 11 is 0. The number of Topliss-reactive ketones (excluding diaryl/α,β-unsaturated/α-hetero) is 1. The Balaban J connectivity index is 2.03. The van der Waals surface area contributed by atoms with Crippen LogP contribution in [0.3, 0.4) is 0 Å². The molecule has 1 saturated heterocycles. The van der Waals surface area contributed by atoms with E-state index in [1.54, 1.807) is 13.1 Å². The third kappa shape index (κ3) is 3.53. The lowest BCUT2D eigenvalue weighted by atomic mass is 10.1. The second-order valence-electron chi connectivity index (χ2n) is 5.50. The number of nitrogens with zero attached hydrogens (tertiary/aromatic N) is 3. The van der Waals surface area contributed by atoms with Crippen LogP contribution in [0.4, 0.5) is 5.82 Å². The van der Waals surface area contributed by atoms with Gasteiger partial charge in [0.1, 0.15) is 5.82 Å². The zero-order valence-corrected chi connectivity index (χ0v) is 12.1. The number of carbonyl (C=O) groups excluding carboxylic acids is 1. The molecule has 1 atom stereocenters. The van der Waals surface area contributed by atoms with Crippen molar-refractivity contribution in [1.82, 2.24) is 9.88 Å². The van der Waals surface area contributed by atoms with Gasteiger partial charge < -0.3 is 9.80 Å². The molecule has 0 bridgehead atoms. The predicted octanol–water partition coefficient (Wildman–Crippen LogP) is 2.20. The molecular formula is C15H23N3O. The minimum Gasteiger partial charge on any atom is -0.357 e. The van der Waals surface area contributed by atoms with Crippen LogP contribution in [0.15, 0.2) is 18.3 Å². The third-order valence-electron chi connectivity index (χ3n) is 3.91. The first kappa shape index (κ1) is 14.0. The number of carbonyl (C=O) groups is 1. The monoisotopic (exact) mass is 261 g/mol. The maximum Gasteiger partial charge on any atom is 0.161 e. The SMILES string of the molecule is CC(=O)c1ccc(N2CCC[C@H](N(C)C)CC2)nc1. The highest BCUT2D eigenvalue weighted by Gasteiger charge is 2.19. The molecule has 0 aliphatic carbocycles. The number of hydrogen-bond donors (Lipinski definition) is 0. The van der Waals surface area contributed by atoms with Gasteiger partial charge in [-0.25, -0.2) is 4.98 Å². The van der Waals surface area contributed by atoms with Crippen LogP contribution in [-0.4, -0.2) is 48.9 Å². The molecule has 0 radical (unpaired) electrons. The summed E-state index contributed by atoms with van der Waals surface area (Å²) in [5.74, 6) is 1.06. The van der Waals surface area contributed by atoms with Gasteiger partial charge >= 0.3 is 0 Å². The van der Waals surface area contributed by atoms with E-state index >= 15 is 0 Å². The Labute approximate surface area is 115 Å². The minimum atomic E-state index is 0.0718. The second kappa shape index (κ2) is 6.15. The lowest BCUT2D eigenvalue weighted by molar-refractivity contribution is 0.101. The minimum absolute atomic E-state index is 0.0718. The fourth-order valence-electron chi connectivity index (χ4n) is 2.61. The van der Waals surface area contributed by atoms with E-state index in [-0.39, 0.29) is 5.78 Å². The predicted molar refractivity (Wildman–Crippen MR) is 77.8 cm³/mol. The molecule has 0 spiro atoms. The molecule has 4 heteroatoms. The largest absolute Gasteiger partial charge is 0.357 e. The number of ketones is 1. The number of anilines is 1. The maximum atomic E-state index is 11.2. The molecule has 1 aliphatic heterocycles. The topological polar surface area (TPSA) is 36.4 Å². The summed E-state index contributed by atoms with van der Waals surface area (Å²) in [6.07, 6.45) is 5.29. The van der Waals surface area contributed by atoms with Crippen molar-refractivity contribution >= 4 is 11.6 Å². The highest BCUT2D eigenvalue weighted by atomic mass is 16.1. The first-order valence-electron chi connectivity index (χ1n) is 6.96. The Morgan fingerprint density at radius 1 is 1.32 bits per heavy atom. The molecule has 19 heavy (non-hydrogen) atoms. The van der Waals surface area contributed by atoms with Crippen molar-refractivity contribution in [2.45, 2.75) is 32.2 Å². The fourth-order valence-corrected chi connectivity index (χ4v) is 2.61. The van der Waals surface area contributed by atoms with Crippen molar-refractivity contribution in [2.75, 3.05) is 32.1 Å². The smallest absolute Gasteiger partial charge is 0.161 e. The highest BCUT2D eigenvalue weighted by molar-refractivity contribution is 5.93. The molecule has 1 fully saturated rings. The Morgan fingerprint density at radius 2 is 2.11 bits per heavy atom. The van der Waals surface area contributed by atoms with Crippen molar-refractivity contribution in [3.8, 4) is 0 Å². The molecule has 1 aliphatic rings. The molecule has 0 aromatic carbocycles. The van der Waals surface area contributed by atoms with Crippen molar-refractivity contribution in [1.29, 1.82) is 0 Å². The van der Waals surface area contributed by atoms with Crippen LogP contribution < -0.4 is 4.90 Å². The second-order valence-corrected chi connectivity index (χ2v) is 5.50. The first-order chi connectivity index (χ1) is 9.08. The van der Waals surface area contributed by atoms with Gasteiger partial charge in [0.2, 0.25) is 0 Å². The quantitative estimate of drug-likeness (QED) is 0.782. The summed E-state index contributed by atoms with van der Waals surface area (Å²) in [6.45, 7) is 3.66. The Hall–Kier alpha value is -1.42. The Morgan fingerprint density at radius 3 is 2.68 bits per heavy atom. The van der Waals surface area contributed by atoms with Crippen molar-refractivity contribution in [2.24, 2.45) is 0 Å². The summed E-state index contributed by atoms with van der Waals surface area (Å²) in [7, 11) is 4.31. The van der Waals surface area contributed by atoms with Crippen LogP contribution in [0.5, 0.6) is 0 Å². The summed E-state index contributed by atoms with van der Waals surface area (Å²) < 4.78 is 0. The lowest BCUT2D eigenvalue weighted by Gasteiger charge is -2.24. The van der Waals surface area contributed by atoms with E-state index in [2.05, 4.69) is 28.9 Å². The van der Waals surface area contributed by atoms with Crippen LogP contribution in [0, 0.1) is 0 Å². The molecule has 4 nitrogen and oxygen atoms in total. The Kier molecular flexibility index (Phi) is 4.53. The molecule has 1 aromatic rings. The number of pyridine rings is 1. The highest BCUT2D eigenvalue weighted by Crippen LogP contribution is 2.19. The van der Waals surface area contributed by atoms with Gasteiger partial charge in [0.25, 0.3) is 0 Å². The van der Waals surface area contributed by atoms with Crippen molar-refractivity contribution in [3.05, 3.63) is 23.9 Å². The molecule has 104 valence electrons. The Bertz CT molecular complexity index is 428. The zero-order chi connectivity index (χ0) is 13.8. The first-order valence-corrected chi connectivity index (χ1v) is 6.96. The van der Waals surface area contributed by atoms with Gasteiger partial charge in [0, 0.05) is 30.9 Å². The van der Waals surface area contributed by atoms with E-state index < -0.39 is 0 Å². The van der Waals surface area contributed by atoms with E-state index in [9.17, 15) is 4.79 Å². The molecule has 2 heterocycles. The van der Waals surface area contributed by atoms with Crippen LogP contribution in [0.1, 0.15) is 36.5 Å². The van der Waals surface area contributed by atoms with Crippen LogP contribution >= 0.6 is 0 Å². The summed E-state index contributed by atoms with van der Waals surface area (Å²) in [5.41, 5.74) is 0.685. The van der Waals surface area contributed by atoms with Gasteiger partial charge in [-0.05, 0) is 52.4 Å². The summed E-state index contributed by atoms with van der Waals surface area (Å²) in [6, 6.07) is 4.51. The normalized spacial score (nSPS) is 20.4. The van der Waals surface area contributed by atoms with Crippen LogP contribution in [0.25, 0.3) is 0 Å². The van der Waals surface area contributed by atoms with E-state index in [1.165, 1.54) is 19.3 Å². The molecule has 1 aromatic heterocycles.